The molecule has 0 saturated heterocycles. The van der Waals surface area contributed by atoms with Crippen LogP contribution in [0.15, 0.2) is 59.6 Å². The molecule has 0 spiro atoms. The predicted molar refractivity (Wildman–Crippen MR) is 131 cm³/mol. The Morgan fingerprint density at radius 2 is 1.63 bits per heavy atom. The lowest BCUT2D eigenvalue weighted by atomic mass is 10.1. The average Bonchev–Trinajstić information content (AvgIpc) is 2.75. The summed E-state index contributed by atoms with van der Waals surface area (Å²) in [7, 11) is 5.14. The summed E-state index contributed by atoms with van der Waals surface area (Å²) in [5.74, 6) is 0.436. The summed E-state index contributed by atoms with van der Waals surface area (Å²) < 4.78 is 0. The molecule has 0 aliphatic rings. The Labute approximate surface area is 195 Å². The number of hydrogen-bond acceptors (Lipinski definition) is 3. The number of hydrogen-bond donors (Lipinski definition) is 3. The average molecular weight is 523 g/mol. The van der Waals surface area contributed by atoms with Crippen LogP contribution in [0.2, 0.25) is 0 Å². The third-order valence-electron chi connectivity index (χ3n) is 4.26. The van der Waals surface area contributed by atoms with Crippen LogP contribution in [0.3, 0.4) is 0 Å². The smallest absolute Gasteiger partial charge is 0.253 e. The summed E-state index contributed by atoms with van der Waals surface area (Å²) in [4.78, 5) is 29.8. The molecular weight excluding hydrogens is 493 g/mol. The van der Waals surface area contributed by atoms with Crippen LogP contribution in [0.5, 0.6) is 0 Å². The summed E-state index contributed by atoms with van der Waals surface area (Å²) in [5, 5.41) is 9.05. The topological polar surface area (TPSA) is 85.8 Å². The maximum atomic E-state index is 12.1. The van der Waals surface area contributed by atoms with Crippen molar-refractivity contribution in [3.05, 3.63) is 71.3 Å². The SMILES string of the molecule is CN=C(NCCc1cccc(C(=O)N(C)C)c1)NCC(=O)NCc1ccccc1.I. The number of rotatable bonds is 8. The number of amides is 2. The van der Waals surface area contributed by atoms with Gasteiger partial charge >= 0.3 is 0 Å². The third kappa shape index (κ3) is 8.81. The van der Waals surface area contributed by atoms with Crippen molar-refractivity contribution in [3.63, 3.8) is 0 Å². The molecule has 0 aromatic heterocycles. The van der Waals surface area contributed by atoms with Crippen LogP contribution >= 0.6 is 24.0 Å². The van der Waals surface area contributed by atoms with E-state index in [1.807, 2.05) is 54.6 Å². The molecule has 0 aliphatic carbocycles. The summed E-state index contributed by atoms with van der Waals surface area (Å²) in [6, 6.07) is 17.3. The van der Waals surface area contributed by atoms with Crippen molar-refractivity contribution >= 4 is 41.8 Å². The van der Waals surface area contributed by atoms with Crippen molar-refractivity contribution in [2.45, 2.75) is 13.0 Å². The first-order valence-corrected chi connectivity index (χ1v) is 9.55. The van der Waals surface area contributed by atoms with Crippen LogP contribution in [0.4, 0.5) is 0 Å². The van der Waals surface area contributed by atoms with Crippen LogP contribution in [0.25, 0.3) is 0 Å². The summed E-state index contributed by atoms with van der Waals surface area (Å²) in [5.41, 5.74) is 2.78. The van der Waals surface area contributed by atoms with Gasteiger partial charge in [0.25, 0.3) is 5.91 Å². The van der Waals surface area contributed by atoms with Gasteiger partial charge in [-0.25, -0.2) is 0 Å². The highest BCUT2D eigenvalue weighted by molar-refractivity contribution is 14.0. The van der Waals surface area contributed by atoms with Crippen LogP contribution in [-0.4, -0.2) is 56.9 Å². The lowest BCUT2D eigenvalue weighted by Crippen LogP contribution is -2.43. The number of carbonyl (C=O) groups is 2. The van der Waals surface area contributed by atoms with Gasteiger partial charge in [0.2, 0.25) is 5.91 Å². The van der Waals surface area contributed by atoms with Gasteiger partial charge in [-0.1, -0.05) is 42.5 Å². The molecule has 0 radical (unpaired) electrons. The van der Waals surface area contributed by atoms with Gasteiger partial charge < -0.3 is 20.9 Å². The van der Waals surface area contributed by atoms with E-state index in [0.717, 1.165) is 17.5 Å². The van der Waals surface area contributed by atoms with Gasteiger partial charge in [-0.3, -0.25) is 14.6 Å². The Kier molecular flexibility index (Phi) is 11.5. The van der Waals surface area contributed by atoms with E-state index in [-0.39, 0.29) is 42.3 Å². The van der Waals surface area contributed by atoms with E-state index in [1.165, 1.54) is 0 Å². The second-order valence-corrected chi connectivity index (χ2v) is 6.76. The Morgan fingerprint density at radius 3 is 2.30 bits per heavy atom. The first-order valence-electron chi connectivity index (χ1n) is 9.55. The van der Waals surface area contributed by atoms with Gasteiger partial charge in [-0.15, -0.1) is 24.0 Å². The third-order valence-corrected chi connectivity index (χ3v) is 4.26. The zero-order valence-electron chi connectivity index (χ0n) is 17.6. The Balaban J connectivity index is 0.00000450. The zero-order chi connectivity index (χ0) is 21.1. The van der Waals surface area contributed by atoms with Crippen molar-refractivity contribution in [3.8, 4) is 0 Å². The normalized spacial score (nSPS) is 10.6. The van der Waals surface area contributed by atoms with Gasteiger partial charge in [0.15, 0.2) is 5.96 Å². The number of aliphatic imine (C=N–C) groups is 1. The maximum absolute atomic E-state index is 12.1. The second-order valence-electron chi connectivity index (χ2n) is 6.76. The molecule has 2 amide bonds. The van der Waals surface area contributed by atoms with Crippen molar-refractivity contribution in [2.24, 2.45) is 4.99 Å². The van der Waals surface area contributed by atoms with Crippen LogP contribution in [-0.2, 0) is 17.8 Å². The van der Waals surface area contributed by atoms with Crippen LogP contribution < -0.4 is 16.0 Å². The Morgan fingerprint density at radius 1 is 0.933 bits per heavy atom. The Hall–Kier alpha value is -2.62. The van der Waals surface area contributed by atoms with Gasteiger partial charge in [-0.2, -0.15) is 0 Å². The van der Waals surface area contributed by atoms with E-state index in [2.05, 4.69) is 20.9 Å². The maximum Gasteiger partial charge on any atom is 0.253 e. The quantitative estimate of drug-likeness (QED) is 0.281. The number of nitrogens with one attached hydrogen (secondary N) is 3. The van der Waals surface area contributed by atoms with Gasteiger partial charge in [-0.05, 0) is 29.7 Å². The minimum atomic E-state index is -0.105. The molecule has 3 N–H and O–H groups in total. The molecule has 0 fully saturated rings. The van der Waals surface area contributed by atoms with E-state index in [9.17, 15) is 9.59 Å². The van der Waals surface area contributed by atoms with Crippen molar-refractivity contribution in [2.75, 3.05) is 34.2 Å². The van der Waals surface area contributed by atoms with Crippen LogP contribution in [0, 0.1) is 0 Å². The fraction of sp³-hybridized carbons (Fsp3) is 0.318. The van der Waals surface area contributed by atoms with E-state index in [1.54, 1.807) is 26.0 Å². The lowest BCUT2D eigenvalue weighted by molar-refractivity contribution is -0.120. The number of carbonyl (C=O) groups excluding carboxylic acids is 2. The van der Waals surface area contributed by atoms with Crippen molar-refractivity contribution in [1.29, 1.82) is 0 Å². The highest BCUT2D eigenvalue weighted by Gasteiger charge is 2.08. The molecule has 162 valence electrons. The molecule has 0 unspecified atom stereocenters. The first-order chi connectivity index (χ1) is 14.0. The molecule has 0 saturated carbocycles. The zero-order valence-corrected chi connectivity index (χ0v) is 20.0. The molecule has 0 aliphatic heterocycles. The summed E-state index contributed by atoms with van der Waals surface area (Å²) >= 11 is 0. The van der Waals surface area contributed by atoms with Gasteiger partial charge in [0.05, 0.1) is 6.54 Å². The fourth-order valence-corrected chi connectivity index (χ4v) is 2.69. The van der Waals surface area contributed by atoms with E-state index in [4.69, 9.17) is 0 Å². The van der Waals surface area contributed by atoms with Crippen molar-refractivity contribution < 1.29 is 9.59 Å². The number of guanidine groups is 1. The standard InChI is InChI=1S/C22H29N5O2.HI/c1-23-22(26-16-20(28)25-15-18-8-5-4-6-9-18)24-13-12-17-10-7-11-19(14-17)21(29)27(2)3;/h4-11,14H,12-13,15-16H2,1-3H3,(H,25,28)(H2,23,24,26);1H. The highest BCUT2D eigenvalue weighted by atomic mass is 127. The predicted octanol–water partition coefficient (Wildman–Crippen LogP) is 2.03. The van der Waals surface area contributed by atoms with Gasteiger partial charge in [0.1, 0.15) is 0 Å². The minimum absolute atomic E-state index is 0. The van der Waals surface area contributed by atoms with E-state index >= 15 is 0 Å². The number of halogens is 1. The van der Waals surface area contributed by atoms with Gasteiger partial charge in [0, 0.05) is 39.8 Å². The molecule has 2 rings (SSSR count). The molecule has 7 nitrogen and oxygen atoms in total. The molecule has 30 heavy (non-hydrogen) atoms. The van der Waals surface area contributed by atoms with E-state index in [0.29, 0.717) is 24.6 Å². The summed E-state index contributed by atoms with van der Waals surface area (Å²) in [6.07, 6.45) is 0.732. The highest BCUT2D eigenvalue weighted by Crippen LogP contribution is 2.07. The molecule has 2 aromatic rings. The molecule has 8 heteroatoms. The first kappa shape index (κ1) is 25.4. The summed E-state index contributed by atoms with van der Waals surface area (Å²) in [6.45, 7) is 1.26. The Bertz CT molecular complexity index is 840. The number of benzene rings is 2. The molecule has 0 heterocycles. The molecule has 0 atom stereocenters. The van der Waals surface area contributed by atoms with Crippen molar-refractivity contribution in [1.82, 2.24) is 20.9 Å². The largest absolute Gasteiger partial charge is 0.356 e. The fourth-order valence-electron chi connectivity index (χ4n) is 2.69. The minimum Gasteiger partial charge on any atom is -0.356 e. The molecule has 2 aromatic carbocycles. The molecular formula is C22H30IN5O2. The van der Waals surface area contributed by atoms with Crippen LogP contribution in [0.1, 0.15) is 21.5 Å². The molecule has 0 bridgehead atoms. The monoisotopic (exact) mass is 523 g/mol. The lowest BCUT2D eigenvalue weighted by Gasteiger charge is -2.13. The second kappa shape index (κ2) is 13.6. The van der Waals surface area contributed by atoms with E-state index < -0.39 is 0 Å². The number of nitrogens with zero attached hydrogens (tertiary/aromatic N) is 2.